The van der Waals surface area contributed by atoms with E-state index in [1.54, 1.807) is 36.5 Å². The number of hydrogen-bond acceptors (Lipinski definition) is 6. The van der Waals surface area contributed by atoms with Gasteiger partial charge in [0, 0.05) is 27.2 Å². The Bertz CT molecular complexity index is 952. The number of rotatable bonds is 5. The first-order valence-electron chi connectivity index (χ1n) is 7.71. The van der Waals surface area contributed by atoms with Crippen LogP contribution in [0.1, 0.15) is 10.4 Å². The van der Waals surface area contributed by atoms with E-state index >= 15 is 0 Å². The van der Waals surface area contributed by atoms with Crippen molar-refractivity contribution in [3.8, 4) is 17.0 Å². The molecule has 0 saturated heterocycles. The van der Waals surface area contributed by atoms with Crippen molar-refractivity contribution >= 4 is 40.3 Å². The Hall–Kier alpha value is -2.70. The van der Waals surface area contributed by atoms with Gasteiger partial charge in [0.05, 0.1) is 19.2 Å². The molecule has 3 aromatic rings. The van der Waals surface area contributed by atoms with Gasteiger partial charge < -0.3 is 9.84 Å². The molecule has 0 radical (unpaired) electrons. The van der Waals surface area contributed by atoms with E-state index in [2.05, 4.69) is 9.98 Å². The number of para-hydroxylation sites is 1. The number of hydrogen-bond donors (Lipinski definition) is 1. The SMILES string of the molecule is COC(=O)Cc1sc(/N=C/c2ccccc2O)nc1-c1ccc(Cl)cc1. The number of benzene rings is 2. The molecule has 0 aliphatic carbocycles. The molecule has 1 aromatic heterocycles. The van der Waals surface area contributed by atoms with Crippen LogP contribution in [0.25, 0.3) is 11.3 Å². The molecule has 0 saturated carbocycles. The first-order valence-corrected chi connectivity index (χ1v) is 8.91. The minimum atomic E-state index is -0.347. The van der Waals surface area contributed by atoms with Gasteiger partial charge in [-0.25, -0.2) is 9.98 Å². The second-order valence-electron chi connectivity index (χ2n) is 5.35. The molecule has 0 fully saturated rings. The number of phenolic OH excluding ortho intramolecular Hbond substituents is 1. The molecule has 2 aromatic carbocycles. The Morgan fingerprint density at radius 2 is 2.00 bits per heavy atom. The zero-order valence-electron chi connectivity index (χ0n) is 13.8. The Morgan fingerprint density at radius 1 is 1.27 bits per heavy atom. The lowest BCUT2D eigenvalue weighted by atomic mass is 10.1. The third-order valence-electron chi connectivity index (χ3n) is 3.59. The average molecular weight is 387 g/mol. The van der Waals surface area contributed by atoms with Crippen molar-refractivity contribution in [3.63, 3.8) is 0 Å². The Labute approximate surface area is 159 Å². The topological polar surface area (TPSA) is 71.8 Å². The lowest BCUT2D eigenvalue weighted by molar-refractivity contribution is -0.139. The molecule has 0 aliphatic heterocycles. The molecule has 0 aliphatic rings. The number of aromatic hydroxyl groups is 1. The number of methoxy groups -OCH3 is 1. The molecule has 132 valence electrons. The standard InChI is InChI=1S/C19H15ClN2O3S/c1-25-17(24)10-16-18(12-6-8-14(20)9-7-12)22-19(26-16)21-11-13-4-2-3-5-15(13)23/h2-9,11,23H,10H2,1H3/b21-11+. The molecular formula is C19H15ClN2O3S. The number of thiazole rings is 1. The second-order valence-corrected chi connectivity index (χ2v) is 6.84. The van der Waals surface area contributed by atoms with Gasteiger partial charge in [0.1, 0.15) is 5.75 Å². The first kappa shape index (κ1) is 18.1. The Balaban J connectivity index is 1.96. The molecule has 0 amide bonds. The molecule has 7 heteroatoms. The zero-order chi connectivity index (χ0) is 18.5. The summed E-state index contributed by atoms with van der Waals surface area (Å²) in [6.45, 7) is 0. The summed E-state index contributed by atoms with van der Waals surface area (Å²) in [5, 5.41) is 10.9. The number of halogens is 1. The van der Waals surface area contributed by atoms with Gasteiger partial charge in [0.15, 0.2) is 0 Å². The second kappa shape index (κ2) is 8.12. The number of carbonyl (C=O) groups is 1. The number of aromatic nitrogens is 1. The summed E-state index contributed by atoms with van der Waals surface area (Å²) < 4.78 is 4.77. The molecule has 26 heavy (non-hydrogen) atoms. The van der Waals surface area contributed by atoms with Crippen LogP contribution in [0.4, 0.5) is 5.13 Å². The average Bonchev–Trinajstić information content (AvgIpc) is 3.04. The van der Waals surface area contributed by atoms with E-state index in [-0.39, 0.29) is 18.1 Å². The van der Waals surface area contributed by atoms with Gasteiger partial charge in [-0.05, 0) is 24.3 Å². The third-order valence-corrected chi connectivity index (χ3v) is 4.80. The molecule has 3 rings (SSSR count). The maximum absolute atomic E-state index is 11.7. The normalized spacial score (nSPS) is 11.0. The Morgan fingerprint density at radius 3 is 2.69 bits per heavy atom. The van der Waals surface area contributed by atoms with Crippen molar-refractivity contribution in [2.24, 2.45) is 4.99 Å². The highest BCUT2D eigenvalue weighted by Crippen LogP contribution is 2.34. The van der Waals surface area contributed by atoms with Crippen molar-refractivity contribution in [2.45, 2.75) is 6.42 Å². The number of carbonyl (C=O) groups excluding carboxylic acids is 1. The largest absolute Gasteiger partial charge is 0.507 e. The van der Waals surface area contributed by atoms with Crippen LogP contribution >= 0.6 is 22.9 Å². The lowest BCUT2D eigenvalue weighted by Gasteiger charge is -2.01. The van der Waals surface area contributed by atoms with Crippen molar-refractivity contribution in [1.82, 2.24) is 4.98 Å². The smallest absolute Gasteiger partial charge is 0.310 e. The van der Waals surface area contributed by atoms with Gasteiger partial charge in [0.2, 0.25) is 5.13 Å². The van der Waals surface area contributed by atoms with Gasteiger partial charge in [-0.15, -0.1) is 0 Å². The lowest BCUT2D eigenvalue weighted by Crippen LogP contribution is -2.03. The molecule has 0 bridgehead atoms. The fourth-order valence-electron chi connectivity index (χ4n) is 2.27. The summed E-state index contributed by atoms with van der Waals surface area (Å²) in [5.74, 6) is -0.208. The molecule has 0 atom stereocenters. The van der Waals surface area contributed by atoms with E-state index in [0.29, 0.717) is 21.4 Å². The summed E-state index contributed by atoms with van der Waals surface area (Å²) in [7, 11) is 1.35. The highest BCUT2D eigenvalue weighted by Gasteiger charge is 2.16. The van der Waals surface area contributed by atoms with Crippen molar-refractivity contribution in [3.05, 3.63) is 64.0 Å². The van der Waals surface area contributed by atoms with Gasteiger partial charge in [0.25, 0.3) is 0 Å². The van der Waals surface area contributed by atoms with Crippen LogP contribution < -0.4 is 0 Å². The predicted molar refractivity (Wildman–Crippen MR) is 104 cm³/mol. The van der Waals surface area contributed by atoms with Crippen molar-refractivity contribution in [2.75, 3.05) is 7.11 Å². The molecule has 0 unspecified atom stereocenters. The van der Waals surface area contributed by atoms with E-state index < -0.39 is 0 Å². The molecular weight excluding hydrogens is 372 g/mol. The maximum atomic E-state index is 11.7. The predicted octanol–water partition coefficient (Wildman–Crippen LogP) is 4.64. The molecule has 1 heterocycles. The molecule has 0 spiro atoms. The van der Waals surface area contributed by atoms with E-state index in [1.807, 2.05) is 18.2 Å². The quantitative estimate of drug-likeness (QED) is 0.512. The molecule has 1 N–H and O–H groups in total. The fraction of sp³-hybridized carbons (Fsp3) is 0.105. The minimum absolute atomic E-state index is 0.109. The van der Waals surface area contributed by atoms with Crippen molar-refractivity contribution < 1.29 is 14.6 Å². The highest BCUT2D eigenvalue weighted by atomic mass is 35.5. The maximum Gasteiger partial charge on any atom is 0.310 e. The van der Waals surface area contributed by atoms with Crippen LogP contribution in [0.15, 0.2) is 53.5 Å². The fourth-order valence-corrected chi connectivity index (χ4v) is 3.31. The number of nitrogens with zero attached hydrogens (tertiary/aromatic N) is 2. The van der Waals surface area contributed by atoms with Crippen LogP contribution in [0, 0.1) is 0 Å². The van der Waals surface area contributed by atoms with Gasteiger partial charge in [-0.3, -0.25) is 4.79 Å². The van der Waals surface area contributed by atoms with Crippen LogP contribution in [0.5, 0.6) is 5.75 Å². The monoisotopic (exact) mass is 386 g/mol. The summed E-state index contributed by atoms with van der Waals surface area (Å²) >= 11 is 7.25. The van der Waals surface area contributed by atoms with Crippen LogP contribution in [0.2, 0.25) is 5.02 Å². The van der Waals surface area contributed by atoms with Gasteiger partial charge in [-0.2, -0.15) is 0 Å². The van der Waals surface area contributed by atoms with Crippen LogP contribution in [-0.4, -0.2) is 29.4 Å². The number of aliphatic imine (C=N–C) groups is 1. The Kier molecular flexibility index (Phi) is 5.65. The van der Waals surface area contributed by atoms with Crippen molar-refractivity contribution in [1.29, 1.82) is 0 Å². The zero-order valence-corrected chi connectivity index (χ0v) is 15.4. The van der Waals surface area contributed by atoms with E-state index in [1.165, 1.54) is 18.4 Å². The molecule has 5 nitrogen and oxygen atoms in total. The summed E-state index contributed by atoms with van der Waals surface area (Å²) in [5.41, 5.74) is 2.10. The highest BCUT2D eigenvalue weighted by molar-refractivity contribution is 7.15. The van der Waals surface area contributed by atoms with E-state index in [0.717, 1.165) is 10.4 Å². The number of esters is 1. The first-order chi connectivity index (χ1) is 12.6. The van der Waals surface area contributed by atoms with Crippen LogP contribution in [-0.2, 0) is 16.0 Å². The van der Waals surface area contributed by atoms with Gasteiger partial charge >= 0.3 is 5.97 Å². The minimum Gasteiger partial charge on any atom is -0.507 e. The summed E-state index contributed by atoms with van der Waals surface area (Å²) in [4.78, 5) is 21.3. The van der Waals surface area contributed by atoms with E-state index in [9.17, 15) is 9.90 Å². The summed E-state index contributed by atoms with van der Waals surface area (Å²) in [6, 6.07) is 14.1. The third kappa shape index (κ3) is 4.28. The summed E-state index contributed by atoms with van der Waals surface area (Å²) in [6.07, 6.45) is 1.65. The number of ether oxygens (including phenoxy) is 1. The van der Waals surface area contributed by atoms with E-state index in [4.69, 9.17) is 16.3 Å². The van der Waals surface area contributed by atoms with Crippen LogP contribution in [0.3, 0.4) is 0 Å². The number of phenols is 1. The van der Waals surface area contributed by atoms with Gasteiger partial charge in [-0.1, -0.05) is 47.2 Å².